The summed E-state index contributed by atoms with van der Waals surface area (Å²) in [4.78, 5) is 15.2. The molecule has 33 heavy (non-hydrogen) atoms. The van der Waals surface area contributed by atoms with Gasteiger partial charge < -0.3 is 9.64 Å². The van der Waals surface area contributed by atoms with Crippen molar-refractivity contribution in [2.75, 3.05) is 17.9 Å². The van der Waals surface area contributed by atoms with Crippen LogP contribution in [0.25, 0.3) is 0 Å². The minimum absolute atomic E-state index is 0.0812. The highest BCUT2D eigenvalue weighted by molar-refractivity contribution is 7.92. The van der Waals surface area contributed by atoms with Gasteiger partial charge in [-0.3, -0.25) is 9.52 Å². The normalized spacial score (nSPS) is 15.8. The number of amides is 1. The van der Waals surface area contributed by atoms with Gasteiger partial charge in [-0.15, -0.1) is 0 Å². The fraction of sp³-hybridized carbons (Fsp3) is 0.240. The van der Waals surface area contributed by atoms with Crippen molar-refractivity contribution >= 4 is 21.6 Å². The topological polar surface area (TPSA) is 75.7 Å². The fourth-order valence-corrected chi connectivity index (χ4v) is 4.89. The van der Waals surface area contributed by atoms with Gasteiger partial charge in [0.15, 0.2) is 0 Å². The number of nitrogens with zero attached hydrogens (tertiary/aromatic N) is 1. The van der Waals surface area contributed by atoms with Crippen LogP contribution in [0.15, 0.2) is 83.8 Å². The lowest BCUT2D eigenvalue weighted by Crippen LogP contribution is -2.37. The van der Waals surface area contributed by atoms with E-state index < -0.39 is 10.0 Å². The zero-order valence-electron chi connectivity index (χ0n) is 18.0. The van der Waals surface area contributed by atoms with Crippen molar-refractivity contribution < 1.29 is 22.3 Å². The Kier molecular flexibility index (Phi) is 7.05. The molecule has 1 aliphatic rings. The minimum atomic E-state index is -3.78. The Labute approximate surface area is 193 Å². The maximum Gasteiger partial charge on any atom is 0.261 e. The molecule has 0 saturated carbocycles. The van der Waals surface area contributed by atoms with Crippen molar-refractivity contribution in [2.24, 2.45) is 0 Å². The molecule has 1 aliphatic heterocycles. The average molecular weight is 469 g/mol. The second-order valence-corrected chi connectivity index (χ2v) is 9.63. The second kappa shape index (κ2) is 10.1. The highest BCUT2D eigenvalue weighted by atomic mass is 32.2. The number of nitrogens with one attached hydrogen (secondary N) is 1. The van der Waals surface area contributed by atoms with Gasteiger partial charge in [0.05, 0.1) is 11.0 Å². The smallest absolute Gasteiger partial charge is 0.261 e. The molecule has 6 nitrogen and oxygen atoms in total. The van der Waals surface area contributed by atoms with E-state index in [1.807, 2.05) is 0 Å². The van der Waals surface area contributed by atoms with E-state index in [0.29, 0.717) is 24.3 Å². The quantitative estimate of drug-likeness (QED) is 0.530. The Morgan fingerprint density at radius 2 is 1.82 bits per heavy atom. The number of rotatable bonds is 8. The van der Waals surface area contributed by atoms with Gasteiger partial charge in [-0.1, -0.05) is 36.4 Å². The molecule has 0 aromatic heterocycles. The van der Waals surface area contributed by atoms with Crippen LogP contribution in [0.3, 0.4) is 0 Å². The molecule has 1 atom stereocenters. The van der Waals surface area contributed by atoms with E-state index in [4.69, 9.17) is 4.74 Å². The lowest BCUT2D eigenvalue weighted by molar-refractivity contribution is 0.0507. The molecular formula is C25H25FN2O4S. The van der Waals surface area contributed by atoms with Gasteiger partial charge in [-0.25, -0.2) is 12.8 Å². The van der Waals surface area contributed by atoms with Crippen molar-refractivity contribution in [3.8, 4) is 0 Å². The number of halogens is 1. The average Bonchev–Trinajstić information content (AvgIpc) is 3.32. The number of carbonyl (C=O) groups is 1. The van der Waals surface area contributed by atoms with E-state index in [-0.39, 0.29) is 35.0 Å². The maximum absolute atomic E-state index is 13.7. The third kappa shape index (κ3) is 5.97. The predicted molar refractivity (Wildman–Crippen MR) is 124 cm³/mol. The highest BCUT2D eigenvalue weighted by Gasteiger charge is 2.24. The molecule has 1 fully saturated rings. The highest BCUT2D eigenvalue weighted by Crippen LogP contribution is 2.21. The number of sulfonamides is 1. The molecule has 0 bridgehead atoms. The largest absolute Gasteiger partial charge is 0.376 e. The van der Waals surface area contributed by atoms with Crippen LogP contribution in [-0.4, -0.2) is 38.5 Å². The third-order valence-corrected chi connectivity index (χ3v) is 6.81. The number of anilines is 1. The molecule has 0 aliphatic carbocycles. The monoisotopic (exact) mass is 468 g/mol. The molecule has 3 aromatic rings. The summed E-state index contributed by atoms with van der Waals surface area (Å²) >= 11 is 0. The van der Waals surface area contributed by atoms with E-state index in [2.05, 4.69) is 4.72 Å². The number of benzene rings is 3. The molecule has 172 valence electrons. The summed E-state index contributed by atoms with van der Waals surface area (Å²) in [7, 11) is -3.78. The molecule has 4 rings (SSSR count). The first kappa shape index (κ1) is 22.9. The first-order valence-electron chi connectivity index (χ1n) is 10.7. The Balaban J connectivity index is 1.56. The Hall–Kier alpha value is -3.23. The van der Waals surface area contributed by atoms with Gasteiger partial charge in [-0.05, 0) is 60.9 Å². The maximum atomic E-state index is 13.7. The first-order chi connectivity index (χ1) is 15.9. The molecule has 0 spiro atoms. The van der Waals surface area contributed by atoms with Crippen molar-refractivity contribution in [3.05, 3.63) is 95.8 Å². The standard InChI is InChI=1S/C25H25FN2O4S/c26-21-9-4-7-19(15-21)17-28(18-23-11-6-14-32-23)25(29)20-8-5-10-22(16-20)27-33(30,31)24-12-2-1-3-13-24/h1-5,7-10,12-13,15-16,23,27H,6,11,14,17-18H2. The SMILES string of the molecule is O=C(c1cccc(NS(=O)(=O)c2ccccc2)c1)N(Cc1cccc(F)c1)CC1CCCO1. The van der Waals surface area contributed by atoms with E-state index in [1.165, 1.54) is 30.3 Å². The second-order valence-electron chi connectivity index (χ2n) is 7.95. The van der Waals surface area contributed by atoms with Crippen LogP contribution in [0.5, 0.6) is 0 Å². The Bertz CT molecular complexity index is 1210. The summed E-state index contributed by atoms with van der Waals surface area (Å²) < 4.78 is 47.3. The zero-order valence-corrected chi connectivity index (χ0v) is 18.8. The molecular weight excluding hydrogens is 443 g/mol. The van der Waals surface area contributed by atoms with Gasteiger partial charge in [-0.2, -0.15) is 0 Å². The van der Waals surface area contributed by atoms with Crippen LogP contribution in [-0.2, 0) is 21.3 Å². The summed E-state index contributed by atoms with van der Waals surface area (Å²) in [6.07, 6.45) is 1.70. The summed E-state index contributed by atoms with van der Waals surface area (Å²) in [6, 6.07) is 20.5. The minimum Gasteiger partial charge on any atom is -0.376 e. The van der Waals surface area contributed by atoms with Crippen molar-refractivity contribution in [1.29, 1.82) is 0 Å². The van der Waals surface area contributed by atoms with Gasteiger partial charge in [0.25, 0.3) is 15.9 Å². The lowest BCUT2D eigenvalue weighted by Gasteiger charge is -2.26. The number of carbonyl (C=O) groups excluding carboxylic acids is 1. The molecule has 1 unspecified atom stereocenters. The van der Waals surface area contributed by atoms with Crippen LogP contribution in [0, 0.1) is 5.82 Å². The predicted octanol–water partition coefficient (Wildman–Crippen LogP) is 4.45. The van der Waals surface area contributed by atoms with Crippen LogP contribution in [0.4, 0.5) is 10.1 Å². The summed E-state index contributed by atoms with van der Waals surface area (Å²) in [5, 5.41) is 0. The number of hydrogen-bond acceptors (Lipinski definition) is 4. The van der Waals surface area contributed by atoms with E-state index in [1.54, 1.807) is 53.4 Å². The van der Waals surface area contributed by atoms with Crippen LogP contribution in [0.1, 0.15) is 28.8 Å². The summed E-state index contributed by atoms with van der Waals surface area (Å²) in [5.41, 5.74) is 1.28. The number of ether oxygens (including phenoxy) is 1. The van der Waals surface area contributed by atoms with Gasteiger partial charge in [0.2, 0.25) is 0 Å². The Morgan fingerprint density at radius 3 is 2.55 bits per heavy atom. The molecule has 8 heteroatoms. The van der Waals surface area contributed by atoms with E-state index in [9.17, 15) is 17.6 Å². The summed E-state index contributed by atoms with van der Waals surface area (Å²) in [5.74, 6) is -0.648. The third-order valence-electron chi connectivity index (χ3n) is 5.41. The van der Waals surface area contributed by atoms with Crippen LogP contribution < -0.4 is 4.72 Å². The number of hydrogen-bond donors (Lipinski definition) is 1. The van der Waals surface area contributed by atoms with Crippen molar-refractivity contribution in [2.45, 2.75) is 30.4 Å². The van der Waals surface area contributed by atoms with Gasteiger partial charge >= 0.3 is 0 Å². The van der Waals surface area contributed by atoms with Crippen LogP contribution >= 0.6 is 0 Å². The Morgan fingerprint density at radius 1 is 1.03 bits per heavy atom. The molecule has 0 radical (unpaired) electrons. The molecule has 1 amide bonds. The fourth-order valence-electron chi connectivity index (χ4n) is 3.82. The van der Waals surface area contributed by atoms with E-state index >= 15 is 0 Å². The zero-order chi connectivity index (χ0) is 23.3. The first-order valence-corrected chi connectivity index (χ1v) is 12.2. The molecule has 1 saturated heterocycles. The van der Waals surface area contributed by atoms with Crippen molar-refractivity contribution in [3.63, 3.8) is 0 Å². The lowest BCUT2D eigenvalue weighted by atomic mass is 10.1. The summed E-state index contributed by atoms with van der Waals surface area (Å²) in [6.45, 7) is 1.25. The van der Waals surface area contributed by atoms with Gasteiger partial charge in [0, 0.05) is 30.9 Å². The molecule has 1 N–H and O–H groups in total. The molecule has 1 heterocycles. The van der Waals surface area contributed by atoms with Crippen molar-refractivity contribution in [1.82, 2.24) is 4.90 Å². The van der Waals surface area contributed by atoms with Crippen LogP contribution in [0.2, 0.25) is 0 Å². The van der Waals surface area contributed by atoms with E-state index in [0.717, 1.165) is 12.8 Å². The van der Waals surface area contributed by atoms with Gasteiger partial charge in [0.1, 0.15) is 5.82 Å². The molecule has 3 aromatic carbocycles.